The number of aromatic nitrogens is 3. The van der Waals surface area contributed by atoms with Crippen LogP contribution in [0.5, 0.6) is 5.75 Å². The van der Waals surface area contributed by atoms with Crippen LogP contribution in [0.15, 0.2) is 35.5 Å². The fourth-order valence-electron chi connectivity index (χ4n) is 2.46. The maximum Gasteiger partial charge on any atom is 0.143 e. The number of hydrogen-bond acceptors (Lipinski definition) is 4. The highest BCUT2D eigenvalue weighted by molar-refractivity contribution is 7.80. The molecule has 0 saturated heterocycles. The van der Waals surface area contributed by atoms with Gasteiger partial charge in [0, 0.05) is 6.20 Å². The number of methoxy groups -OCH3 is 1. The number of aryl methyl sites for hydroxylation is 1. The molecule has 5 heteroatoms. The van der Waals surface area contributed by atoms with Crippen LogP contribution in [-0.4, -0.2) is 22.1 Å². The summed E-state index contributed by atoms with van der Waals surface area (Å²) in [7, 11) is 1.67. The van der Waals surface area contributed by atoms with E-state index in [9.17, 15) is 0 Å². The third-order valence-corrected chi connectivity index (χ3v) is 3.97. The first-order valence-electron chi connectivity index (χ1n) is 6.93. The quantitative estimate of drug-likeness (QED) is 0.719. The third kappa shape index (κ3) is 2.49. The highest BCUT2D eigenvalue weighted by Gasteiger charge is 2.15. The van der Waals surface area contributed by atoms with Crippen LogP contribution in [0.1, 0.15) is 18.9 Å². The Labute approximate surface area is 129 Å². The number of thiol groups is 1. The molecular formula is C16H17N3OS. The summed E-state index contributed by atoms with van der Waals surface area (Å²) >= 11 is 4.63. The van der Waals surface area contributed by atoms with Gasteiger partial charge >= 0.3 is 0 Å². The molecule has 0 atom stereocenters. The summed E-state index contributed by atoms with van der Waals surface area (Å²) in [5.41, 5.74) is 3.91. The summed E-state index contributed by atoms with van der Waals surface area (Å²) in [5, 5.41) is 0. The molecule has 0 saturated carbocycles. The standard InChI is InChI=1S/C16H17N3OS/c1-3-4-10-5-6-11(14(20-2)15(10)21)16-18-12-7-8-17-9-13(12)19-16/h5-9,21H,3-4H2,1-2H3,(H,18,19). The topological polar surface area (TPSA) is 50.8 Å². The van der Waals surface area contributed by atoms with Crippen molar-refractivity contribution in [2.24, 2.45) is 0 Å². The van der Waals surface area contributed by atoms with Crippen LogP contribution >= 0.6 is 12.6 Å². The molecule has 0 amide bonds. The van der Waals surface area contributed by atoms with Gasteiger partial charge in [-0.05, 0) is 24.1 Å². The number of nitrogens with one attached hydrogen (secondary N) is 1. The van der Waals surface area contributed by atoms with Gasteiger partial charge in [0.2, 0.25) is 0 Å². The SMILES string of the molecule is CCCc1ccc(-c2nc3cnccc3[nH]2)c(OC)c1S. The number of ether oxygens (including phenoxy) is 1. The molecule has 2 aromatic heterocycles. The molecular weight excluding hydrogens is 282 g/mol. The van der Waals surface area contributed by atoms with Gasteiger partial charge in [-0.3, -0.25) is 4.98 Å². The smallest absolute Gasteiger partial charge is 0.143 e. The molecule has 0 bridgehead atoms. The van der Waals surface area contributed by atoms with Crippen molar-refractivity contribution in [3.05, 3.63) is 36.2 Å². The number of imidazole rings is 1. The van der Waals surface area contributed by atoms with E-state index >= 15 is 0 Å². The molecule has 108 valence electrons. The van der Waals surface area contributed by atoms with Crippen molar-refractivity contribution in [3.8, 4) is 17.1 Å². The zero-order valence-corrected chi connectivity index (χ0v) is 12.9. The van der Waals surface area contributed by atoms with Gasteiger partial charge in [0.15, 0.2) is 0 Å². The van der Waals surface area contributed by atoms with Gasteiger partial charge < -0.3 is 9.72 Å². The van der Waals surface area contributed by atoms with Gasteiger partial charge in [0.1, 0.15) is 17.1 Å². The summed E-state index contributed by atoms with van der Waals surface area (Å²) < 4.78 is 5.56. The Bertz CT molecular complexity index is 749. The zero-order chi connectivity index (χ0) is 14.8. The molecule has 1 aromatic carbocycles. The monoisotopic (exact) mass is 299 g/mol. The van der Waals surface area contributed by atoms with Crippen LogP contribution in [0, 0.1) is 0 Å². The molecule has 0 aliphatic carbocycles. The molecule has 2 heterocycles. The van der Waals surface area contributed by atoms with Gasteiger partial charge in [-0.2, -0.15) is 0 Å². The van der Waals surface area contributed by atoms with Gasteiger partial charge in [-0.25, -0.2) is 4.98 Å². The van der Waals surface area contributed by atoms with Crippen LogP contribution in [0.2, 0.25) is 0 Å². The lowest BCUT2D eigenvalue weighted by Crippen LogP contribution is -1.95. The summed E-state index contributed by atoms with van der Waals surface area (Å²) in [6, 6.07) is 6.04. The van der Waals surface area contributed by atoms with Gasteiger partial charge in [-0.15, -0.1) is 12.6 Å². The molecule has 0 aliphatic rings. The van der Waals surface area contributed by atoms with Gasteiger partial charge in [0.05, 0.1) is 29.3 Å². The van der Waals surface area contributed by atoms with E-state index in [2.05, 4.69) is 40.6 Å². The molecule has 3 aromatic rings. The normalized spacial score (nSPS) is 11.0. The average Bonchev–Trinajstić information content (AvgIpc) is 2.93. The van der Waals surface area contributed by atoms with Crippen molar-refractivity contribution in [1.29, 1.82) is 0 Å². The molecule has 0 spiro atoms. The van der Waals surface area contributed by atoms with Crippen molar-refractivity contribution >= 4 is 23.7 Å². The number of fused-ring (bicyclic) bond motifs is 1. The minimum atomic E-state index is 0.760. The lowest BCUT2D eigenvalue weighted by molar-refractivity contribution is 0.405. The lowest BCUT2D eigenvalue weighted by atomic mass is 10.1. The first-order chi connectivity index (χ1) is 10.2. The van der Waals surface area contributed by atoms with Crippen LogP contribution < -0.4 is 4.74 Å². The van der Waals surface area contributed by atoms with Crippen LogP contribution in [0.4, 0.5) is 0 Å². The average molecular weight is 299 g/mol. The van der Waals surface area contributed by atoms with E-state index in [4.69, 9.17) is 4.74 Å². The van der Waals surface area contributed by atoms with Gasteiger partial charge in [0.25, 0.3) is 0 Å². The first kappa shape index (κ1) is 13.9. The molecule has 0 aliphatic heterocycles. The van der Waals surface area contributed by atoms with Crippen LogP contribution in [0.25, 0.3) is 22.4 Å². The molecule has 4 nitrogen and oxygen atoms in total. The zero-order valence-electron chi connectivity index (χ0n) is 12.1. The maximum atomic E-state index is 5.56. The summed E-state index contributed by atoms with van der Waals surface area (Å²) in [6.45, 7) is 2.15. The Kier molecular flexibility index (Phi) is 3.84. The number of benzene rings is 1. The summed E-state index contributed by atoms with van der Waals surface area (Å²) in [4.78, 5) is 12.9. The van der Waals surface area contributed by atoms with Crippen LogP contribution in [-0.2, 0) is 6.42 Å². The molecule has 1 N–H and O–H groups in total. The molecule has 3 rings (SSSR count). The van der Waals surface area contributed by atoms with E-state index < -0.39 is 0 Å². The van der Waals surface area contributed by atoms with E-state index in [1.54, 1.807) is 19.5 Å². The van der Waals surface area contributed by atoms with Crippen molar-refractivity contribution in [2.75, 3.05) is 7.11 Å². The number of aromatic amines is 1. The Morgan fingerprint density at radius 3 is 2.86 bits per heavy atom. The number of pyridine rings is 1. The van der Waals surface area contributed by atoms with Crippen molar-refractivity contribution in [3.63, 3.8) is 0 Å². The maximum absolute atomic E-state index is 5.56. The molecule has 0 radical (unpaired) electrons. The first-order valence-corrected chi connectivity index (χ1v) is 7.38. The second kappa shape index (κ2) is 5.77. The highest BCUT2D eigenvalue weighted by atomic mass is 32.1. The van der Waals surface area contributed by atoms with Crippen molar-refractivity contribution in [2.45, 2.75) is 24.7 Å². The van der Waals surface area contributed by atoms with Gasteiger partial charge in [-0.1, -0.05) is 19.4 Å². The van der Waals surface area contributed by atoms with E-state index in [-0.39, 0.29) is 0 Å². The summed E-state index contributed by atoms with van der Waals surface area (Å²) in [6.07, 6.45) is 5.55. The van der Waals surface area contributed by atoms with E-state index in [0.29, 0.717) is 0 Å². The number of hydrogen-bond donors (Lipinski definition) is 2. The fourth-order valence-corrected chi connectivity index (χ4v) is 2.86. The van der Waals surface area contributed by atoms with Crippen molar-refractivity contribution in [1.82, 2.24) is 15.0 Å². The van der Waals surface area contributed by atoms with Crippen LogP contribution in [0.3, 0.4) is 0 Å². The second-order valence-corrected chi connectivity index (χ2v) is 5.33. The minimum absolute atomic E-state index is 0.760. The number of H-pyrrole nitrogens is 1. The lowest BCUT2D eigenvalue weighted by Gasteiger charge is -2.13. The Morgan fingerprint density at radius 2 is 2.14 bits per heavy atom. The van der Waals surface area contributed by atoms with E-state index in [0.717, 1.165) is 45.9 Å². The number of nitrogens with zero attached hydrogens (tertiary/aromatic N) is 2. The predicted molar refractivity (Wildman–Crippen MR) is 87.1 cm³/mol. The molecule has 0 fully saturated rings. The molecule has 21 heavy (non-hydrogen) atoms. The Morgan fingerprint density at radius 1 is 1.29 bits per heavy atom. The Hall–Kier alpha value is -2.01. The Balaban J connectivity index is 2.15. The van der Waals surface area contributed by atoms with Crippen molar-refractivity contribution < 1.29 is 4.74 Å². The largest absolute Gasteiger partial charge is 0.495 e. The minimum Gasteiger partial charge on any atom is -0.495 e. The number of rotatable bonds is 4. The highest BCUT2D eigenvalue weighted by Crippen LogP contribution is 2.37. The molecule has 0 unspecified atom stereocenters. The fraction of sp³-hybridized carbons (Fsp3) is 0.250. The predicted octanol–water partition coefficient (Wildman–Crippen LogP) is 3.87. The summed E-state index contributed by atoms with van der Waals surface area (Å²) in [5.74, 6) is 1.53. The third-order valence-electron chi connectivity index (χ3n) is 3.48. The second-order valence-electron chi connectivity index (χ2n) is 4.88. The van der Waals surface area contributed by atoms with E-state index in [1.807, 2.05) is 12.1 Å². The van der Waals surface area contributed by atoms with E-state index in [1.165, 1.54) is 5.56 Å².